The van der Waals surface area contributed by atoms with Gasteiger partial charge >= 0.3 is 0 Å². The molecule has 2 atom stereocenters. The van der Waals surface area contributed by atoms with Crippen molar-refractivity contribution in [2.75, 3.05) is 17.5 Å². The maximum absolute atomic E-state index is 14.0. The Morgan fingerprint density at radius 1 is 1.00 bits per heavy atom. The van der Waals surface area contributed by atoms with E-state index in [1.54, 1.807) is 19.1 Å². The first-order valence-electron chi connectivity index (χ1n) is 13.3. The number of hydrogen-bond acceptors (Lipinski definition) is 5. The molecule has 0 aromatic heterocycles. The Morgan fingerprint density at radius 2 is 1.66 bits per heavy atom. The molecule has 1 N–H and O–H groups in total. The average Bonchev–Trinajstić information content (AvgIpc) is 2.95. The number of sulfonamides is 1. The molecule has 0 aliphatic carbocycles. The number of halogens is 2. The fourth-order valence-electron chi connectivity index (χ4n) is 4.02. The fraction of sp³-hybridized carbons (Fsp3) is 0.333. The average molecular weight is 649 g/mol. The molecule has 2 amide bonds. The molecule has 11 heteroatoms. The van der Waals surface area contributed by atoms with Crippen molar-refractivity contribution in [3.05, 3.63) is 88.6 Å². The number of hydrogen-bond donors (Lipinski definition) is 1. The van der Waals surface area contributed by atoms with Crippen molar-refractivity contribution in [2.24, 2.45) is 0 Å². The van der Waals surface area contributed by atoms with Crippen molar-refractivity contribution in [3.8, 4) is 5.75 Å². The zero-order valence-corrected chi connectivity index (χ0v) is 25.9. The summed E-state index contributed by atoms with van der Waals surface area (Å²) < 4.78 is 48.5. The van der Waals surface area contributed by atoms with E-state index in [0.717, 1.165) is 38.6 Å². The quantitative estimate of drug-likeness (QED) is 0.264. The van der Waals surface area contributed by atoms with E-state index in [0.29, 0.717) is 18.8 Å². The maximum atomic E-state index is 14.0. The number of carbonyl (C=O) groups excluding carboxylic acids is 2. The van der Waals surface area contributed by atoms with Gasteiger partial charge in [0.05, 0.1) is 17.2 Å². The topological polar surface area (TPSA) is 96.0 Å². The van der Waals surface area contributed by atoms with E-state index in [1.165, 1.54) is 17.0 Å². The summed E-state index contributed by atoms with van der Waals surface area (Å²) in [6, 6.07) is 17.0. The predicted octanol–water partition coefficient (Wildman–Crippen LogP) is 5.51. The van der Waals surface area contributed by atoms with Crippen LogP contribution in [0.25, 0.3) is 0 Å². The van der Waals surface area contributed by atoms with Gasteiger partial charge in [-0.1, -0.05) is 35.0 Å². The van der Waals surface area contributed by atoms with Gasteiger partial charge in [-0.05, 0) is 93.4 Å². The van der Waals surface area contributed by atoms with E-state index in [2.05, 4.69) is 21.2 Å². The van der Waals surface area contributed by atoms with Crippen molar-refractivity contribution < 1.29 is 27.1 Å². The molecule has 0 radical (unpaired) electrons. The van der Waals surface area contributed by atoms with Gasteiger partial charge in [0.25, 0.3) is 10.0 Å². The number of nitrogens with one attached hydrogen (secondary N) is 1. The molecule has 0 heterocycles. The minimum absolute atomic E-state index is 0.0705. The first-order valence-corrected chi connectivity index (χ1v) is 15.5. The SMILES string of the molecule is CCOc1ccc(N(CC(=O)N(Cc2cccc(Br)c2)[C@@H](C)C(=O)N[C@H](C)CC)S(=O)(=O)c2ccc(F)cc2)cc1. The molecule has 0 aliphatic heterocycles. The first kappa shape index (κ1) is 32.1. The number of rotatable bonds is 13. The number of benzene rings is 3. The van der Waals surface area contributed by atoms with Gasteiger partial charge in [0.1, 0.15) is 24.2 Å². The third-order valence-corrected chi connectivity index (χ3v) is 8.81. The second-order valence-electron chi connectivity index (χ2n) is 9.54. The lowest BCUT2D eigenvalue weighted by molar-refractivity contribution is -0.139. The highest BCUT2D eigenvalue weighted by Gasteiger charge is 2.33. The third-order valence-electron chi connectivity index (χ3n) is 6.53. The summed E-state index contributed by atoms with van der Waals surface area (Å²) in [6.45, 7) is 7.16. The zero-order valence-electron chi connectivity index (χ0n) is 23.5. The van der Waals surface area contributed by atoms with Crippen molar-refractivity contribution in [1.29, 1.82) is 0 Å². The third kappa shape index (κ3) is 8.53. The number of ether oxygens (including phenoxy) is 1. The van der Waals surface area contributed by atoms with Crippen LogP contribution in [0.5, 0.6) is 5.75 Å². The van der Waals surface area contributed by atoms with Crippen molar-refractivity contribution in [3.63, 3.8) is 0 Å². The van der Waals surface area contributed by atoms with Crippen molar-refractivity contribution in [1.82, 2.24) is 10.2 Å². The van der Waals surface area contributed by atoms with Crippen LogP contribution in [-0.4, -0.2) is 50.4 Å². The molecule has 0 saturated carbocycles. The summed E-state index contributed by atoms with van der Waals surface area (Å²) in [6.07, 6.45) is 0.708. The molecule has 0 unspecified atom stereocenters. The molecular formula is C30H35BrFN3O5S. The van der Waals surface area contributed by atoms with Gasteiger partial charge in [-0.3, -0.25) is 13.9 Å². The normalized spacial score (nSPS) is 12.7. The Morgan fingerprint density at radius 3 is 2.24 bits per heavy atom. The summed E-state index contributed by atoms with van der Waals surface area (Å²) in [7, 11) is -4.30. The lowest BCUT2D eigenvalue weighted by Gasteiger charge is -2.32. The fourth-order valence-corrected chi connectivity index (χ4v) is 5.88. The Kier molecular flexibility index (Phi) is 11.3. The maximum Gasteiger partial charge on any atom is 0.264 e. The van der Waals surface area contributed by atoms with Gasteiger partial charge in [-0.25, -0.2) is 12.8 Å². The van der Waals surface area contributed by atoms with Crippen LogP contribution in [0.4, 0.5) is 10.1 Å². The molecule has 41 heavy (non-hydrogen) atoms. The van der Waals surface area contributed by atoms with Crippen LogP contribution in [0.3, 0.4) is 0 Å². The second kappa shape index (κ2) is 14.5. The molecule has 0 fully saturated rings. The largest absolute Gasteiger partial charge is 0.494 e. The van der Waals surface area contributed by atoms with Crippen molar-refractivity contribution in [2.45, 2.75) is 57.6 Å². The van der Waals surface area contributed by atoms with Crippen LogP contribution in [0.2, 0.25) is 0 Å². The summed E-state index contributed by atoms with van der Waals surface area (Å²) >= 11 is 3.43. The van der Waals surface area contributed by atoms with Crippen LogP contribution in [0.15, 0.2) is 82.2 Å². The zero-order chi connectivity index (χ0) is 30.2. The van der Waals surface area contributed by atoms with E-state index in [9.17, 15) is 22.4 Å². The number of amides is 2. The van der Waals surface area contributed by atoms with E-state index in [1.807, 2.05) is 45.0 Å². The van der Waals surface area contributed by atoms with E-state index < -0.39 is 34.3 Å². The Hall–Kier alpha value is -3.44. The van der Waals surface area contributed by atoms with Crippen LogP contribution in [0, 0.1) is 5.82 Å². The first-order chi connectivity index (χ1) is 19.5. The van der Waals surface area contributed by atoms with Crippen molar-refractivity contribution >= 4 is 43.5 Å². The smallest absolute Gasteiger partial charge is 0.264 e. The number of nitrogens with zero attached hydrogens (tertiary/aromatic N) is 2. The molecule has 220 valence electrons. The molecule has 0 bridgehead atoms. The van der Waals surface area contributed by atoms with E-state index in [4.69, 9.17) is 4.74 Å². The Bertz CT molecular complexity index is 1440. The minimum atomic E-state index is -4.30. The predicted molar refractivity (Wildman–Crippen MR) is 161 cm³/mol. The summed E-state index contributed by atoms with van der Waals surface area (Å²) in [5, 5.41) is 2.90. The molecule has 8 nitrogen and oxygen atoms in total. The Balaban J connectivity index is 2.03. The molecule has 0 saturated heterocycles. The number of carbonyl (C=O) groups is 2. The monoisotopic (exact) mass is 647 g/mol. The van der Waals surface area contributed by atoms with Crippen LogP contribution in [0.1, 0.15) is 39.7 Å². The number of anilines is 1. The summed E-state index contributed by atoms with van der Waals surface area (Å²) in [5.74, 6) is -0.990. The highest BCUT2D eigenvalue weighted by atomic mass is 79.9. The van der Waals surface area contributed by atoms with Crippen LogP contribution < -0.4 is 14.4 Å². The minimum Gasteiger partial charge on any atom is -0.494 e. The summed E-state index contributed by atoms with van der Waals surface area (Å²) in [5.41, 5.74) is 0.968. The molecule has 3 rings (SSSR count). The molecule has 3 aromatic carbocycles. The van der Waals surface area contributed by atoms with Gasteiger partial charge < -0.3 is 15.0 Å². The molecule has 3 aromatic rings. The molecular weight excluding hydrogens is 613 g/mol. The lowest BCUT2D eigenvalue weighted by atomic mass is 10.1. The van der Waals surface area contributed by atoms with Gasteiger partial charge in [0.15, 0.2) is 0 Å². The molecule has 0 aliphatic rings. The Labute approximate surface area is 249 Å². The van der Waals surface area contributed by atoms with Gasteiger partial charge in [-0.15, -0.1) is 0 Å². The molecule has 0 spiro atoms. The van der Waals surface area contributed by atoms with Crippen LogP contribution >= 0.6 is 15.9 Å². The van der Waals surface area contributed by atoms with Crippen LogP contribution in [-0.2, 0) is 26.2 Å². The second-order valence-corrected chi connectivity index (χ2v) is 12.3. The lowest BCUT2D eigenvalue weighted by Crippen LogP contribution is -2.52. The standard InChI is InChI=1S/C30H35BrFN3O5S/c1-5-21(3)33-30(37)22(4)34(19-23-8-7-9-24(31)18-23)29(36)20-35(26-12-14-27(15-13-26)40-6-2)41(38,39)28-16-10-25(32)11-17-28/h7-18,21-22H,5-6,19-20H2,1-4H3,(H,33,37)/t21-,22+/m1/s1. The highest BCUT2D eigenvalue weighted by molar-refractivity contribution is 9.10. The highest BCUT2D eigenvalue weighted by Crippen LogP contribution is 2.27. The van der Waals surface area contributed by atoms with Gasteiger partial charge in [0, 0.05) is 17.1 Å². The summed E-state index contributed by atoms with van der Waals surface area (Å²) in [4.78, 5) is 28.3. The van der Waals surface area contributed by atoms with E-state index in [-0.39, 0.29) is 29.1 Å². The van der Waals surface area contributed by atoms with Gasteiger partial charge in [0.2, 0.25) is 11.8 Å². The van der Waals surface area contributed by atoms with Gasteiger partial charge in [-0.2, -0.15) is 0 Å². The van der Waals surface area contributed by atoms with E-state index >= 15 is 0 Å².